The molecule has 1 rings (SSSR count). The van der Waals surface area contributed by atoms with Gasteiger partial charge in [0.05, 0.1) is 19.2 Å². The molecule has 0 spiro atoms. The molecule has 0 amide bonds. The predicted molar refractivity (Wildman–Crippen MR) is 46.6 cm³/mol. The average Bonchev–Trinajstić information content (AvgIpc) is 2.63. The van der Waals surface area contributed by atoms with Gasteiger partial charge in [-0.25, -0.2) is 8.42 Å². The van der Waals surface area contributed by atoms with Gasteiger partial charge in [0.15, 0.2) is 0 Å². The predicted octanol–water partition coefficient (Wildman–Crippen LogP) is -0.975. The number of rotatable bonds is 5. The standard InChI is InChI=1S/C6H9N3O5S/c10-6(11)1-2-9-4-5(3-7-9)15(13,14)8-12/h3-4,8,12H,1-2H2,(H,10,11). The van der Waals surface area contributed by atoms with Crippen LogP contribution in [0.25, 0.3) is 0 Å². The minimum absolute atomic E-state index is 0.0658. The summed E-state index contributed by atoms with van der Waals surface area (Å²) in [6.07, 6.45) is 1.98. The van der Waals surface area contributed by atoms with Crippen LogP contribution in [0.4, 0.5) is 0 Å². The van der Waals surface area contributed by atoms with Crippen LogP contribution in [0.5, 0.6) is 0 Å². The van der Waals surface area contributed by atoms with Gasteiger partial charge in [0, 0.05) is 6.20 Å². The van der Waals surface area contributed by atoms with Gasteiger partial charge in [0.2, 0.25) is 0 Å². The molecule has 1 aromatic rings. The molecular weight excluding hydrogens is 226 g/mol. The molecule has 0 atom stereocenters. The first-order chi connectivity index (χ1) is 6.95. The summed E-state index contributed by atoms with van der Waals surface area (Å²) in [4.78, 5) is 11.1. The molecule has 0 aromatic carbocycles. The van der Waals surface area contributed by atoms with Crippen LogP contribution >= 0.6 is 0 Å². The number of carbonyl (C=O) groups is 1. The Balaban J connectivity index is 2.77. The highest BCUT2D eigenvalue weighted by atomic mass is 32.2. The number of hydrogen-bond acceptors (Lipinski definition) is 5. The van der Waals surface area contributed by atoms with Crippen molar-refractivity contribution < 1.29 is 23.5 Å². The molecule has 1 aromatic heterocycles. The van der Waals surface area contributed by atoms with E-state index in [1.165, 1.54) is 4.68 Å². The lowest BCUT2D eigenvalue weighted by molar-refractivity contribution is -0.137. The summed E-state index contributed by atoms with van der Waals surface area (Å²) in [5.74, 6) is -1.00. The van der Waals surface area contributed by atoms with E-state index in [4.69, 9.17) is 10.3 Å². The van der Waals surface area contributed by atoms with Gasteiger partial charge < -0.3 is 10.3 Å². The highest BCUT2D eigenvalue weighted by Gasteiger charge is 2.14. The SMILES string of the molecule is O=C(O)CCn1cc(S(=O)(=O)NO)cn1. The molecule has 1 heterocycles. The number of nitrogens with zero attached hydrogens (tertiary/aromatic N) is 2. The lowest BCUT2D eigenvalue weighted by Crippen LogP contribution is -2.18. The Morgan fingerprint density at radius 1 is 1.60 bits per heavy atom. The van der Waals surface area contributed by atoms with Crippen molar-refractivity contribution in [3.63, 3.8) is 0 Å². The van der Waals surface area contributed by atoms with Crippen molar-refractivity contribution in [2.75, 3.05) is 0 Å². The topological polar surface area (TPSA) is 122 Å². The molecule has 15 heavy (non-hydrogen) atoms. The van der Waals surface area contributed by atoms with Gasteiger partial charge in [-0.1, -0.05) is 4.89 Å². The molecule has 0 aliphatic carbocycles. The maximum atomic E-state index is 11.0. The molecule has 0 saturated heterocycles. The average molecular weight is 235 g/mol. The smallest absolute Gasteiger partial charge is 0.305 e. The molecule has 0 saturated carbocycles. The number of carboxylic acids is 1. The van der Waals surface area contributed by atoms with E-state index in [0.29, 0.717) is 0 Å². The normalized spacial score (nSPS) is 11.5. The largest absolute Gasteiger partial charge is 0.481 e. The molecular formula is C6H9N3O5S. The Bertz CT molecular complexity index is 451. The molecule has 8 nitrogen and oxygen atoms in total. The summed E-state index contributed by atoms with van der Waals surface area (Å²) in [5, 5.41) is 20.3. The minimum atomic E-state index is -3.94. The first-order valence-corrected chi connectivity index (χ1v) is 5.34. The number of aryl methyl sites for hydroxylation is 1. The number of sulfonamides is 1. The summed E-state index contributed by atoms with van der Waals surface area (Å²) in [6.45, 7) is 0.0658. The van der Waals surface area contributed by atoms with Crippen LogP contribution in [0.1, 0.15) is 6.42 Å². The molecule has 3 N–H and O–H groups in total. The summed E-state index contributed by atoms with van der Waals surface area (Å²) in [7, 11) is -3.94. The van der Waals surface area contributed by atoms with Crippen molar-refractivity contribution in [1.82, 2.24) is 14.7 Å². The maximum Gasteiger partial charge on any atom is 0.305 e. The van der Waals surface area contributed by atoms with Gasteiger partial charge in [-0.3, -0.25) is 9.48 Å². The monoisotopic (exact) mass is 235 g/mol. The zero-order valence-corrected chi connectivity index (χ0v) is 8.31. The zero-order chi connectivity index (χ0) is 11.5. The van der Waals surface area contributed by atoms with Crippen LogP contribution in [0, 0.1) is 0 Å². The van der Waals surface area contributed by atoms with Gasteiger partial charge in [-0.05, 0) is 0 Å². The van der Waals surface area contributed by atoms with Crippen LogP contribution in [-0.2, 0) is 21.4 Å². The van der Waals surface area contributed by atoms with E-state index < -0.39 is 16.0 Å². The molecule has 0 aliphatic heterocycles. The van der Waals surface area contributed by atoms with Crippen molar-refractivity contribution in [2.45, 2.75) is 17.9 Å². The summed E-state index contributed by atoms with van der Waals surface area (Å²) < 4.78 is 23.2. The third-order valence-electron chi connectivity index (χ3n) is 1.59. The minimum Gasteiger partial charge on any atom is -0.481 e. The van der Waals surface area contributed by atoms with Gasteiger partial charge >= 0.3 is 5.97 Å². The van der Waals surface area contributed by atoms with E-state index in [2.05, 4.69) is 5.10 Å². The highest BCUT2D eigenvalue weighted by molar-refractivity contribution is 7.89. The van der Waals surface area contributed by atoms with Gasteiger partial charge in [0.1, 0.15) is 4.90 Å². The van der Waals surface area contributed by atoms with Crippen molar-refractivity contribution in [1.29, 1.82) is 0 Å². The highest BCUT2D eigenvalue weighted by Crippen LogP contribution is 2.06. The third-order valence-corrected chi connectivity index (χ3v) is 2.67. The fourth-order valence-corrected chi connectivity index (χ4v) is 1.42. The van der Waals surface area contributed by atoms with Crippen molar-refractivity contribution in [2.24, 2.45) is 0 Å². The van der Waals surface area contributed by atoms with Crippen LogP contribution in [-0.4, -0.2) is 34.5 Å². The van der Waals surface area contributed by atoms with Crippen LogP contribution < -0.4 is 4.89 Å². The number of carboxylic acid groups (broad SMARTS) is 1. The Morgan fingerprint density at radius 3 is 2.80 bits per heavy atom. The molecule has 0 fully saturated rings. The molecule has 0 bridgehead atoms. The maximum absolute atomic E-state index is 11.0. The zero-order valence-electron chi connectivity index (χ0n) is 7.49. The first-order valence-electron chi connectivity index (χ1n) is 3.86. The summed E-state index contributed by atoms with van der Waals surface area (Å²) in [6, 6.07) is 0. The van der Waals surface area contributed by atoms with Crippen LogP contribution in [0.2, 0.25) is 0 Å². The second-order valence-electron chi connectivity index (χ2n) is 2.68. The Morgan fingerprint density at radius 2 is 2.27 bits per heavy atom. The molecule has 0 radical (unpaired) electrons. The summed E-state index contributed by atoms with van der Waals surface area (Å²) in [5.41, 5.74) is 0. The van der Waals surface area contributed by atoms with Crippen molar-refractivity contribution >= 4 is 16.0 Å². The van der Waals surface area contributed by atoms with E-state index in [-0.39, 0.29) is 17.9 Å². The quantitative estimate of drug-likeness (QED) is 0.564. The fourth-order valence-electron chi connectivity index (χ4n) is 0.869. The number of aliphatic carboxylic acids is 1. The molecule has 0 aliphatic rings. The van der Waals surface area contributed by atoms with E-state index in [0.717, 1.165) is 17.3 Å². The molecule has 0 unspecified atom stereocenters. The number of hydrogen-bond donors (Lipinski definition) is 3. The first kappa shape index (κ1) is 11.6. The van der Waals surface area contributed by atoms with Crippen LogP contribution in [0.3, 0.4) is 0 Å². The van der Waals surface area contributed by atoms with E-state index in [9.17, 15) is 13.2 Å². The van der Waals surface area contributed by atoms with Crippen molar-refractivity contribution in [3.05, 3.63) is 12.4 Å². The number of nitrogens with one attached hydrogen (secondary N) is 1. The van der Waals surface area contributed by atoms with E-state index in [1.807, 2.05) is 0 Å². The van der Waals surface area contributed by atoms with Crippen LogP contribution in [0.15, 0.2) is 17.3 Å². The second kappa shape index (κ2) is 4.38. The second-order valence-corrected chi connectivity index (χ2v) is 4.34. The van der Waals surface area contributed by atoms with Crippen molar-refractivity contribution in [3.8, 4) is 0 Å². The van der Waals surface area contributed by atoms with Gasteiger partial charge in [-0.15, -0.1) is 0 Å². The Labute approximate surface area is 85.1 Å². The molecule has 9 heteroatoms. The lowest BCUT2D eigenvalue weighted by atomic mass is 10.4. The van der Waals surface area contributed by atoms with Gasteiger partial charge in [-0.2, -0.15) is 5.10 Å². The summed E-state index contributed by atoms with van der Waals surface area (Å²) >= 11 is 0. The lowest BCUT2D eigenvalue weighted by Gasteiger charge is -1.97. The third kappa shape index (κ3) is 3.01. The number of aromatic nitrogens is 2. The van der Waals surface area contributed by atoms with E-state index >= 15 is 0 Å². The fraction of sp³-hybridized carbons (Fsp3) is 0.333. The molecule has 84 valence electrons. The van der Waals surface area contributed by atoms with E-state index in [1.54, 1.807) is 0 Å². The Hall–Kier alpha value is -1.45. The van der Waals surface area contributed by atoms with Gasteiger partial charge in [0.25, 0.3) is 10.0 Å². The Kier molecular flexibility index (Phi) is 3.39.